The molecule has 0 aliphatic carbocycles. The van der Waals surface area contributed by atoms with Gasteiger partial charge in [0.05, 0.1) is 6.54 Å². The summed E-state index contributed by atoms with van der Waals surface area (Å²) in [4.78, 5) is 54.6. The Hall–Kier alpha value is -5.16. The predicted molar refractivity (Wildman–Crippen MR) is 157 cm³/mol. The molecule has 1 aromatic heterocycles. The van der Waals surface area contributed by atoms with Gasteiger partial charge >= 0.3 is 12.3 Å². The molecule has 0 spiro atoms. The molecule has 2 aliphatic rings. The first-order valence-electron chi connectivity index (χ1n) is 15.3. The molecule has 2 aromatic carbocycles. The van der Waals surface area contributed by atoms with E-state index in [-0.39, 0.29) is 50.4 Å². The molecule has 3 heterocycles. The lowest BCUT2D eigenvalue weighted by atomic mass is 10.0. The van der Waals surface area contributed by atoms with Gasteiger partial charge in [0.15, 0.2) is 17.5 Å². The van der Waals surface area contributed by atoms with Crippen molar-refractivity contribution in [1.29, 1.82) is 0 Å². The maximum absolute atomic E-state index is 14.7. The van der Waals surface area contributed by atoms with Crippen LogP contribution in [0.1, 0.15) is 42.0 Å². The van der Waals surface area contributed by atoms with Gasteiger partial charge in [0, 0.05) is 44.6 Å². The fraction of sp³-hybridized carbons (Fsp3) is 0.419. The van der Waals surface area contributed by atoms with Crippen LogP contribution in [0.5, 0.6) is 0 Å². The van der Waals surface area contributed by atoms with Gasteiger partial charge in [-0.15, -0.1) is 10.2 Å². The summed E-state index contributed by atoms with van der Waals surface area (Å²) in [6.07, 6.45) is -6.67. The van der Waals surface area contributed by atoms with Crippen molar-refractivity contribution in [2.45, 2.75) is 69.5 Å². The summed E-state index contributed by atoms with van der Waals surface area (Å²) in [5.74, 6) is -7.39. The lowest BCUT2D eigenvalue weighted by Crippen LogP contribution is -2.55. The van der Waals surface area contributed by atoms with Crippen LogP contribution in [0.3, 0.4) is 0 Å². The predicted octanol–water partition coefficient (Wildman–Crippen LogP) is 3.04. The van der Waals surface area contributed by atoms with Gasteiger partial charge in [-0.25, -0.2) is 18.0 Å². The third kappa shape index (κ3) is 8.29. The molecule has 3 aromatic rings. The number of hydrogen-bond acceptors (Lipinski definition) is 6. The van der Waals surface area contributed by atoms with E-state index in [2.05, 4.69) is 20.8 Å². The highest BCUT2D eigenvalue weighted by Crippen LogP contribution is 2.30. The Morgan fingerprint density at radius 1 is 0.918 bits per heavy atom. The number of carboxylic acid groups (broad SMARTS) is 1. The van der Waals surface area contributed by atoms with Crippen LogP contribution in [0, 0.1) is 17.5 Å². The quantitative estimate of drug-likeness (QED) is 0.218. The fourth-order valence-corrected chi connectivity index (χ4v) is 6.08. The monoisotopic (exact) mass is 695 g/mol. The van der Waals surface area contributed by atoms with E-state index in [1.165, 1.54) is 9.80 Å². The normalized spacial score (nSPS) is 17.3. The second-order valence-electron chi connectivity index (χ2n) is 11.8. The average molecular weight is 696 g/mol. The van der Waals surface area contributed by atoms with Crippen LogP contribution in [-0.2, 0) is 46.5 Å². The number of hydrogen-bond donors (Lipinski definition) is 3. The van der Waals surface area contributed by atoms with E-state index in [9.17, 15) is 50.6 Å². The Balaban J connectivity index is 1.34. The summed E-state index contributed by atoms with van der Waals surface area (Å²) in [5, 5.41) is 20.9. The highest BCUT2D eigenvalue weighted by molar-refractivity contribution is 5.92. The molecule has 1 saturated heterocycles. The van der Waals surface area contributed by atoms with Crippen LogP contribution in [-0.4, -0.2) is 84.7 Å². The summed E-state index contributed by atoms with van der Waals surface area (Å²) in [6.45, 7) is -0.672. The molecule has 2 aliphatic heterocycles. The van der Waals surface area contributed by atoms with Crippen LogP contribution in [0.15, 0.2) is 42.5 Å². The number of fused-ring (bicyclic) bond motifs is 1. The molecule has 3 N–H and O–H groups in total. The van der Waals surface area contributed by atoms with Gasteiger partial charge in [-0.1, -0.05) is 30.3 Å². The molecule has 0 radical (unpaired) electrons. The number of nitrogens with zero attached hydrogens (tertiary/aromatic N) is 5. The zero-order valence-corrected chi connectivity index (χ0v) is 25.7. The fourth-order valence-electron chi connectivity index (χ4n) is 6.08. The van der Waals surface area contributed by atoms with Gasteiger partial charge in [0.2, 0.25) is 23.5 Å². The highest BCUT2D eigenvalue weighted by Gasteiger charge is 2.41. The smallest absolute Gasteiger partial charge is 0.451 e. The third-order valence-corrected chi connectivity index (χ3v) is 8.40. The number of halogens is 6. The molecule has 3 unspecified atom stereocenters. The van der Waals surface area contributed by atoms with Gasteiger partial charge in [-0.05, 0) is 36.5 Å². The van der Waals surface area contributed by atoms with Gasteiger partial charge in [-0.2, -0.15) is 13.2 Å². The lowest BCUT2D eigenvalue weighted by molar-refractivity contribution is -0.148. The van der Waals surface area contributed by atoms with Gasteiger partial charge < -0.3 is 30.1 Å². The number of nitrogens with one attached hydrogen (secondary N) is 2. The number of rotatable bonds is 10. The van der Waals surface area contributed by atoms with Crippen molar-refractivity contribution in [2.24, 2.45) is 0 Å². The molecule has 1 fully saturated rings. The van der Waals surface area contributed by atoms with Crippen molar-refractivity contribution in [1.82, 2.24) is 35.2 Å². The number of carbonyl (C=O) groups excluding carboxylic acids is 3. The molecule has 262 valence electrons. The zero-order chi connectivity index (χ0) is 35.5. The summed E-state index contributed by atoms with van der Waals surface area (Å²) in [7, 11) is 0. The summed E-state index contributed by atoms with van der Waals surface area (Å²) in [6, 6.07) is 5.93. The van der Waals surface area contributed by atoms with Crippen LogP contribution >= 0.6 is 0 Å². The van der Waals surface area contributed by atoms with Crippen LogP contribution in [0.25, 0.3) is 0 Å². The molecule has 12 nitrogen and oxygen atoms in total. The molecule has 49 heavy (non-hydrogen) atoms. The number of aromatic nitrogens is 3. The SMILES string of the molecule is O=C(O)NC(Cc1ccccc1)C(=O)N1CCCC1C(=O)NC(CC(=O)N1CCn2c(nnc2C(F)(F)F)C1)Cc1cc(F)c(F)cc1F. The topological polar surface area (TPSA) is 150 Å². The zero-order valence-electron chi connectivity index (χ0n) is 25.7. The van der Waals surface area contributed by atoms with Crippen molar-refractivity contribution >= 4 is 23.8 Å². The van der Waals surface area contributed by atoms with E-state index in [4.69, 9.17) is 0 Å². The van der Waals surface area contributed by atoms with Crippen molar-refractivity contribution in [3.05, 3.63) is 82.7 Å². The minimum Gasteiger partial charge on any atom is -0.465 e. The molecular formula is C31H31F6N7O5. The van der Waals surface area contributed by atoms with Crippen molar-refractivity contribution in [3.8, 4) is 0 Å². The van der Waals surface area contributed by atoms with Gasteiger partial charge in [0.1, 0.15) is 17.9 Å². The average Bonchev–Trinajstić information content (AvgIpc) is 3.71. The van der Waals surface area contributed by atoms with Crippen LogP contribution in [0.4, 0.5) is 31.1 Å². The Kier molecular flexibility index (Phi) is 10.4. The van der Waals surface area contributed by atoms with Gasteiger partial charge in [-0.3, -0.25) is 14.4 Å². The first kappa shape index (κ1) is 35.2. The highest BCUT2D eigenvalue weighted by atomic mass is 19.4. The summed E-state index contributed by atoms with van der Waals surface area (Å²) < 4.78 is 83.1. The number of likely N-dealkylation sites (tertiary alicyclic amines) is 1. The standard InChI is InChI=1S/C31H31F6N7O5/c32-20-15-22(34)21(33)13-18(20)12-19(14-26(45)42-9-10-44-25(16-42)40-41-29(44)31(35,36)37)38-27(46)24-7-4-8-43(24)28(47)23(39-30(48)49)11-17-5-2-1-3-6-17/h1-3,5-6,13,15,19,23-24,39H,4,7-12,14,16H2,(H,38,46)(H,48,49). The van der Waals surface area contributed by atoms with E-state index < -0.39 is 84.2 Å². The second kappa shape index (κ2) is 14.5. The number of benzene rings is 2. The van der Waals surface area contributed by atoms with Crippen molar-refractivity contribution in [3.63, 3.8) is 0 Å². The van der Waals surface area contributed by atoms with E-state index >= 15 is 0 Å². The molecule has 5 rings (SSSR count). The minimum absolute atomic E-state index is 0.00257. The maximum atomic E-state index is 14.7. The summed E-state index contributed by atoms with van der Waals surface area (Å²) >= 11 is 0. The Bertz CT molecular complexity index is 1720. The molecule has 3 atom stereocenters. The Morgan fingerprint density at radius 2 is 1.63 bits per heavy atom. The largest absolute Gasteiger partial charge is 0.465 e. The lowest BCUT2D eigenvalue weighted by Gasteiger charge is -2.31. The Labute approximate surface area is 275 Å². The first-order chi connectivity index (χ1) is 23.2. The molecule has 0 bridgehead atoms. The van der Waals surface area contributed by atoms with Crippen molar-refractivity contribution < 1.29 is 50.6 Å². The summed E-state index contributed by atoms with van der Waals surface area (Å²) in [5.41, 5.74) is 0.297. The van der Waals surface area contributed by atoms with E-state index in [1.807, 2.05) is 0 Å². The molecule has 4 amide bonds. The minimum atomic E-state index is -4.76. The number of alkyl halides is 3. The first-order valence-corrected chi connectivity index (χ1v) is 15.3. The van der Waals surface area contributed by atoms with Crippen molar-refractivity contribution in [2.75, 3.05) is 13.1 Å². The second-order valence-corrected chi connectivity index (χ2v) is 11.8. The van der Waals surface area contributed by atoms with Crippen LogP contribution in [0.2, 0.25) is 0 Å². The molecule has 0 saturated carbocycles. The van der Waals surface area contributed by atoms with Crippen LogP contribution < -0.4 is 10.6 Å². The van der Waals surface area contributed by atoms with E-state index in [0.717, 1.165) is 4.57 Å². The number of carbonyl (C=O) groups is 4. The van der Waals surface area contributed by atoms with E-state index in [0.29, 0.717) is 24.1 Å². The third-order valence-electron chi connectivity index (χ3n) is 8.40. The van der Waals surface area contributed by atoms with E-state index in [1.54, 1.807) is 30.3 Å². The number of amides is 4. The molecule has 18 heteroatoms. The maximum Gasteiger partial charge on any atom is 0.451 e. The van der Waals surface area contributed by atoms with Gasteiger partial charge in [0.25, 0.3) is 0 Å². The molecular weight excluding hydrogens is 664 g/mol. The Morgan fingerprint density at radius 3 is 2.33 bits per heavy atom.